The molecule has 0 bridgehead atoms. The highest BCUT2D eigenvalue weighted by atomic mass is 19.1. The van der Waals surface area contributed by atoms with Gasteiger partial charge in [0.2, 0.25) is 0 Å². The van der Waals surface area contributed by atoms with E-state index in [1.54, 1.807) is 12.4 Å². The zero-order chi connectivity index (χ0) is 10.8. The molecule has 1 aliphatic heterocycles. The molecule has 1 aromatic heterocycles. The molecule has 1 aromatic rings. The summed E-state index contributed by atoms with van der Waals surface area (Å²) in [7, 11) is 0. The lowest BCUT2D eigenvalue weighted by Gasteiger charge is -2.35. The van der Waals surface area contributed by atoms with Crippen molar-refractivity contribution in [1.82, 2.24) is 4.98 Å². The second-order valence-electron chi connectivity index (χ2n) is 3.85. The van der Waals surface area contributed by atoms with E-state index < -0.39 is 12.2 Å². The van der Waals surface area contributed by atoms with E-state index in [0.717, 1.165) is 5.69 Å². The normalized spacial score (nSPS) is 26.7. The summed E-state index contributed by atoms with van der Waals surface area (Å²) < 4.78 is 13.2. The van der Waals surface area contributed by atoms with E-state index in [4.69, 9.17) is 11.5 Å². The molecule has 0 amide bonds. The average Bonchev–Trinajstić information content (AvgIpc) is 2.23. The van der Waals surface area contributed by atoms with E-state index in [1.165, 1.54) is 0 Å². The Balaban J connectivity index is 2.15. The molecule has 4 nitrogen and oxygen atoms in total. The number of pyridine rings is 1. The molecule has 2 atom stereocenters. The third-order valence-electron chi connectivity index (χ3n) is 2.74. The predicted molar refractivity (Wildman–Crippen MR) is 58.4 cm³/mol. The molecule has 0 aliphatic carbocycles. The van der Waals surface area contributed by atoms with Crippen LogP contribution in [0.2, 0.25) is 0 Å². The van der Waals surface area contributed by atoms with E-state index in [0.29, 0.717) is 25.2 Å². The third-order valence-corrected chi connectivity index (χ3v) is 2.74. The van der Waals surface area contributed by atoms with Crippen LogP contribution in [0.25, 0.3) is 0 Å². The van der Waals surface area contributed by atoms with Gasteiger partial charge < -0.3 is 16.4 Å². The maximum Gasteiger partial charge on any atom is 0.119 e. The number of rotatable bonds is 1. The SMILES string of the molecule is Nc1cnccc1N1CCC(F)C(N)C1. The Hall–Kier alpha value is -1.36. The number of alkyl halides is 1. The van der Waals surface area contributed by atoms with Crippen LogP contribution in [-0.2, 0) is 0 Å². The van der Waals surface area contributed by atoms with Gasteiger partial charge in [0.05, 0.1) is 23.6 Å². The molecule has 2 heterocycles. The van der Waals surface area contributed by atoms with Gasteiger partial charge >= 0.3 is 0 Å². The first-order valence-electron chi connectivity index (χ1n) is 5.02. The zero-order valence-corrected chi connectivity index (χ0v) is 8.44. The van der Waals surface area contributed by atoms with Crippen LogP contribution in [0.1, 0.15) is 6.42 Å². The van der Waals surface area contributed by atoms with Gasteiger partial charge in [-0.2, -0.15) is 0 Å². The van der Waals surface area contributed by atoms with Gasteiger partial charge in [-0.05, 0) is 12.5 Å². The molecular formula is C10H15FN4. The summed E-state index contributed by atoms with van der Waals surface area (Å²) in [6.45, 7) is 1.17. The van der Waals surface area contributed by atoms with Crippen molar-refractivity contribution in [2.75, 3.05) is 23.7 Å². The van der Waals surface area contributed by atoms with Crippen molar-refractivity contribution in [2.24, 2.45) is 5.73 Å². The van der Waals surface area contributed by atoms with E-state index in [1.807, 2.05) is 11.0 Å². The Kier molecular flexibility index (Phi) is 2.73. The lowest BCUT2D eigenvalue weighted by Crippen LogP contribution is -2.49. The zero-order valence-electron chi connectivity index (χ0n) is 8.44. The third kappa shape index (κ3) is 2.02. The lowest BCUT2D eigenvalue weighted by molar-refractivity contribution is 0.244. The van der Waals surface area contributed by atoms with Crippen LogP contribution < -0.4 is 16.4 Å². The van der Waals surface area contributed by atoms with Crippen molar-refractivity contribution >= 4 is 11.4 Å². The number of aromatic nitrogens is 1. The largest absolute Gasteiger partial charge is 0.396 e. The van der Waals surface area contributed by atoms with E-state index in [2.05, 4.69) is 4.98 Å². The van der Waals surface area contributed by atoms with E-state index >= 15 is 0 Å². The van der Waals surface area contributed by atoms with E-state index in [-0.39, 0.29) is 0 Å². The first kappa shape index (κ1) is 10.2. The van der Waals surface area contributed by atoms with Crippen molar-refractivity contribution in [2.45, 2.75) is 18.6 Å². The highest BCUT2D eigenvalue weighted by Gasteiger charge is 2.26. The van der Waals surface area contributed by atoms with Crippen molar-refractivity contribution in [3.63, 3.8) is 0 Å². The lowest BCUT2D eigenvalue weighted by atomic mass is 10.0. The Bertz CT molecular complexity index is 344. The van der Waals surface area contributed by atoms with Gasteiger partial charge in [0.1, 0.15) is 6.17 Å². The van der Waals surface area contributed by atoms with Crippen molar-refractivity contribution in [3.05, 3.63) is 18.5 Å². The molecule has 15 heavy (non-hydrogen) atoms. The van der Waals surface area contributed by atoms with E-state index in [9.17, 15) is 4.39 Å². The molecule has 2 unspecified atom stereocenters. The molecule has 5 heteroatoms. The summed E-state index contributed by atoms with van der Waals surface area (Å²) in [6, 6.07) is 1.41. The standard InChI is InChI=1S/C10H15FN4/c11-7-2-4-15(6-9(7)13)10-1-3-14-5-8(10)12/h1,3,5,7,9H,2,4,6,12-13H2. The molecule has 1 fully saturated rings. The van der Waals surface area contributed by atoms with Crippen LogP contribution >= 0.6 is 0 Å². The van der Waals surface area contributed by atoms with Crippen molar-refractivity contribution in [1.29, 1.82) is 0 Å². The molecule has 0 radical (unpaired) electrons. The summed E-state index contributed by atoms with van der Waals surface area (Å²) in [4.78, 5) is 5.93. The summed E-state index contributed by atoms with van der Waals surface area (Å²) in [5.74, 6) is 0. The van der Waals surface area contributed by atoms with Crippen LogP contribution in [0.4, 0.5) is 15.8 Å². The van der Waals surface area contributed by atoms with Gasteiger partial charge in [-0.25, -0.2) is 4.39 Å². The second kappa shape index (κ2) is 4.02. The molecule has 82 valence electrons. The Morgan fingerprint density at radius 2 is 2.33 bits per heavy atom. The van der Waals surface area contributed by atoms with Gasteiger partial charge in [0, 0.05) is 19.3 Å². The number of nitrogen functional groups attached to an aromatic ring is 1. The maximum atomic E-state index is 13.2. The number of anilines is 2. The minimum atomic E-state index is -0.899. The Morgan fingerprint density at radius 3 is 3.00 bits per heavy atom. The first-order chi connectivity index (χ1) is 7.18. The molecular weight excluding hydrogens is 195 g/mol. The van der Waals surface area contributed by atoms with Gasteiger partial charge in [0.15, 0.2) is 0 Å². The number of hydrogen-bond donors (Lipinski definition) is 2. The summed E-state index contributed by atoms with van der Waals surface area (Å²) in [5, 5.41) is 0. The molecule has 0 aromatic carbocycles. The van der Waals surface area contributed by atoms with Gasteiger partial charge in [-0.15, -0.1) is 0 Å². The minimum Gasteiger partial charge on any atom is -0.396 e. The number of piperidine rings is 1. The smallest absolute Gasteiger partial charge is 0.119 e. The predicted octanol–water partition coefficient (Wildman–Crippen LogP) is 0.539. The molecule has 4 N–H and O–H groups in total. The van der Waals surface area contributed by atoms with Crippen LogP contribution in [0.5, 0.6) is 0 Å². The first-order valence-corrected chi connectivity index (χ1v) is 5.02. The number of halogens is 1. The maximum absolute atomic E-state index is 13.2. The number of nitrogens with zero attached hydrogens (tertiary/aromatic N) is 2. The monoisotopic (exact) mass is 210 g/mol. The van der Waals surface area contributed by atoms with Crippen molar-refractivity contribution < 1.29 is 4.39 Å². The fourth-order valence-electron chi connectivity index (χ4n) is 1.86. The second-order valence-corrected chi connectivity index (χ2v) is 3.85. The van der Waals surface area contributed by atoms with Gasteiger partial charge in [-0.1, -0.05) is 0 Å². The average molecular weight is 210 g/mol. The van der Waals surface area contributed by atoms with Crippen molar-refractivity contribution in [3.8, 4) is 0 Å². The highest BCUT2D eigenvalue weighted by molar-refractivity contribution is 5.66. The van der Waals surface area contributed by atoms with Crippen LogP contribution in [0.3, 0.4) is 0 Å². The summed E-state index contributed by atoms with van der Waals surface area (Å²) in [6.07, 6.45) is 2.84. The minimum absolute atomic E-state index is 0.425. The van der Waals surface area contributed by atoms with Gasteiger partial charge in [0.25, 0.3) is 0 Å². The summed E-state index contributed by atoms with van der Waals surface area (Å²) in [5.41, 5.74) is 13.0. The van der Waals surface area contributed by atoms with Crippen LogP contribution in [-0.4, -0.2) is 30.3 Å². The van der Waals surface area contributed by atoms with Crippen LogP contribution in [0.15, 0.2) is 18.5 Å². The Morgan fingerprint density at radius 1 is 1.53 bits per heavy atom. The summed E-state index contributed by atoms with van der Waals surface area (Å²) >= 11 is 0. The fourth-order valence-corrected chi connectivity index (χ4v) is 1.86. The number of nitrogens with two attached hydrogens (primary N) is 2. The van der Waals surface area contributed by atoms with Gasteiger partial charge in [-0.3, -0.25) is 4.98 Å². The number of hydrogen-bond acceptors (Lipinski definition) is 4. The molecule has 0 spiro atoms. The quantitative estimate of drug-likeness (QED) is 0.710. The molecule has 2 rings (SSSR count). The molecule has 0 saturated carbocycles. The van der Waals surface area contributed by atoms with Crippen LogP contribution in [0, 0.1) is 0 Å². The Labute approximate surface area is 88.1 Å². The highest BCUT2D eigenvalue weighted by Crippen LogP contribution is 2.25. The fraction of sp³-hybridized carbons (Fsp3) is 0.500. The molecule has 1 aliphatic rings. The molecule has 1 saturated heterocycles. The topological polar surface area (TPSA) is 68.2 Å².